The summed E-state index contributed by atoms with van der Waals surface area (Å²) in [5, 5.41) is 3.50. The topological polar surface area (TPSA) is 47.0 Å². The van der Waals surface area contributed by atoms with E-state index in [-0.39, 0.29) is 5.60 Å². The second kappa shape index (κ2) is 5.65. The summed E-state index contributed by atoms with van der Waals surface area (Å²) in [6.07, 6.45) is 5.83. The Bertz CT molecular complexity index is 392. The molecule has 2 rings (SSSR count). The lowest BCUT2D eigenvalue weighted by Gasteiger charge is -2.36. The van der Waals surface area contributed by atoms with Crippen molar-refractivity contribution in [1.82, 2.24) is 9.97 Å². The smallest absolute Gasteiger partial charge is 0.129 e. The molecule has 1 atom stereocenters. The molecule has 1 aliphatic heterocycles. The molecule has 0 aromatic carbocycles. The molecule has 1 aromatic rings. The van der Waals surface area contributed by atoms with Crippen LogP contribution in [0, 0.1) is 0 Å². The number of nitrogens with zero attached hydrogens (tertiary/aromatic N) is 2. The predicted octanol–water partition coefficient (Wildman–Crippen LogP) is 2.80. The average Bonchev–Trinajstić information content (AvgIpc) is 2.28. The van der Waals surface area contributed by atoms with E-state index in [1.807, 2.05) is 0 Å². The highest BCUT2D eigenvalue weighted by Gasteiger charge is 2.28. The second-order valence-corrected chi connectivity index (χ2v) is 5.59. The summed E-state index contributed by atoms with van der Waals surface area (Å²) < 4.78 is 5.72. The van der Waals surface area contributed by atoms with Crippen molar-refractivity contribution in [3.63, 3.8) is 0 Å². The number of hydrogen-bond acceptors (Lipinski definition) is 4. The van der Waals surface area contributed by atoms with E-state index in [2.05, 4.69) is 42.1 Å². The lowest BCUT2D eigenvalue weighted by atomic mass is 9.94. The van der Waals surface area contributed by atoms with Crippen LogP contribution in [0.4, 0.5) is 5.82 Å². The highest BCUT2D eigenvalue weighted by atomic mass is 16.5. The van der Waals surface area contributed by atoms with E-state index in [9.17, 15) is 0 Å². The third kappa shape index (κ3) is 3.67. The van der Waals surface area contributed by atoms with Gasteiger partial charge in [0.25, 0.3) is 0 Å². The first kappa shape index (κ1) is 13.3. The molecule has 18 heavy (non-hydrogen) atoms. The third-order valence-corrected chi connectivity index (χ3v) is 3.28. The minimum Gasteiger partial charge on any atom is -0.375 e. The fourth-order valence-electron chi connectivity index (χ4n) is 2.43. The van der Waals surface area contributed by atoms with E-state index in [4.69, 9.17) is 4.74 Å². The van der Waals surface area contributed by atoms with Crippen molar-refractivity contribution in [3.05, 3.63) is 18.1 Å². The molecule has 0 aliphatic carbocycles. The largest absolute Gasteiger partial charge is 0.375 e. The van der Waals surface area contributed by atoms with Crippen molar-refractivity contribution in [2.75, 3.05) is 11.9 Å². The molecule has 4 nitrogen and oxygen atoms in total. The molecule has 2 heterocycles. The monoisotopic (exact) mass is 249 g/mol. The van der Waals surface area contributed by atoms with Gasteiger partial charge in [-0.25, -0.2) is 9.97 Å². The van der Waals surface area contributed by atoms with Crippen molar-refractivity contribution in [3.8, 4) is 0 Å². The fourth-order valence-corrected chi connectivity index (χ4v) is 2.43. The quantitative estimate of drug-likeness (QED) is 0.891. The van der Waals surface area contributed by atoms with Crippen LogP contribution in [-0.4, -0.2) is 28.2 Å². The maximum atomic E-state index is 5.72. The lowest BCUT2D eigenvalue weighted by Crippen LogP contribution is -2.40. The molecule has 1 saturated heterocycles. The summed E-state index contributed by atoms with van der Waals surface area (Å²) in [5.41, 5.74) is 1.08. The van der Waals surface area contributed by atoms with Gasteiger partial charge in [0.05, 0.1) is 5.60 Å². The number of rotatable bonds is 4. The molecule has 0 bridgehead atoms. The molecule has 1 aromatic heterocycles. The van der Waals surface area contributed by atoms with Crippen LogP contribution >= 0.6 is 0 Å². The summed E-state index contributed by atoms with van der Waals surface area (Å²) in [4.78, 5) is 8.58. The van der Waals surface area contributed by atoms with E-state index in [1.165, 1.54) is 0 Å². The van der Waals surface area contributed by atoms with Crippen LogP contribution in [0.1, 0.15) is 45.7 Å². The van der Waals surface area contributed by atoms with Gasteiger partial charge in [0.1, 0.15) is 12.1 Å². The van der Waals surface area contributed by atoms with Crippen molar-refractivity contribution < 1.29 is 4.74 Å². The second-order valence-electron chi connectivity index (χ2n) is 5.59. The Balaban J connectivity index is 1.98. The molecule has 1 unspecified atom stereocenters. The normalized spacial score (nSPS) is 22.7. The first-order valence-corrected chi connectivity index (χ1v) is 6.80. The number of aromatic nitrogens is 2. The van der Waals surface area contributed by atoms with Crippen molar-refractivity contribution >= 4 is 5.82 Å². The van der Waals surface area contributed by atoms with Gasteiger partial charge in [-0.1, -0.05) is 13.3 Å². The van der Waals surface area contributed by atoms with E-state index in [1.54, 1.807) is 6.33 Å². The molecule has 1 aliphatic rings. The number of hydrogen-bond donors (Lipinski definition) is 1. The first-order valence-electron chi connectivity index (χ1n) is 6.80. The number of nitrogens with one attached hydrogen (secondary N) is 1. The Kier molecular flexibility index (Phi) is 4.17. The number of ether oxygens (including phenoxy) is 1. The van der Waals surface area contributed by atoms with Crippen molar-refractivity contribution in [2.24, 2.45) is 0 Å². The highest BCUT2D eigenvalue weighted by Crippen LogP contribution is 2.25. The Labute approximate surface area is 109 Å². The van der Waals surface area contributed by atoms with Gasteiger partial charge in [-0.2, -0.15) is 0 Å². The highest BCUT2D eigenvalue weighted by molar-refractivity contribution is 5.36. The Morgan fingerprint density at radius 3 is 3.00 bits per heavy atom. The maximum absolute atomic E-state index is 5.72. The van der Waals surface area contributed by atoms with E-state index in [0.29, 0.717) is 6.04 Å². The zero-order valence-corrected chi connectivity index (χ0v) is 11.6. The maximum Gasteiger partial charge on any atom is 0.129 e. The van der Waals surface area contributed by atoms with Crippen LogP contribution < -0.4 is 5.32 Å². The lowest BCUT2D eigenvalue weighted by molar-refractivity contribution is -0.0553. The van der Waals surface area contributed by atoms with Gasteiger partial charge in [0.15, 0.2) is 0 Å². The van der Waals surface area contributed by atoms with E-state index in [0.717, 1.165) is 43.8 Å². The zero-order valence-electron chi connectivity index (χ0n) is 11.6. The van der Waals surface area contributed by atoms with Crippen LogP contribution in [0.15, 0.2) is 12.4 Å². The van der Waals surface area contributed by atoms with Crippen LogP contribution in [0.25, 0.3) is 0 Å². The molecule has 0 saturated carbocycles. The summed E-state index contributed by atoms with van der Waals surface area (Å²) in [6, 6.07) is 2.50. The van der Waals surface area contributed by atoms with Crippen molar-refractivity contribution in [2.45, 2.75) is 58.1 Å². The van der Waals surface area contributed by atoms with Gasteiger partial charge in [0, 0.05) is 24.4 Å². The fraction of sp³-hybridized carbons (Fsp3) is 0.714. The molecule has 0 radical (unpaired) electrons. The molecule has 100 valence electrons. The molecule has 0 amide bonds. The minimum atomic E-state index is -0.0325. The Morgan fingerprint density at radius 2 is 2.28 bits per heavy atom. The van der Waals surface area contributed by atoms with Crippen LogP contribution in [0.5, 0.6) is 0 Å². The average molecular weight is 249 g/mol. The van der Waals surface area contributed by atoms with Crippen LogP contribution in [0.2, 0.25) is 0 Å². The summed E-state index contributed by atoms with van der Waals surface area (Å²) in [6.45, 7) is 7.26. The molecule has 1 fully saturated rings. The third-order valence-electron chi connectivity index (χ3n) is 3.28. The molecule has 4 heteroatoms. The minimum absolute atomic E-state index is 0.0325. The van der Waals surface area contributed by atoms with Gasteiger partial charge in [-0.15, -0.1) is 0 Å². The van der Waals surface area contributed by atoms with E-state index < -0.39 is 0 Å². The Morgan fingerprint density at radius 1 is 1.44 bits per heavy atom. The SMILES string of the molecule is CCCc1cc(NC2CCOC(C)(C)C2)ncn1. The first-order chi connectivity index (χ1) is 8.59. The van der Waals surface area contributed by atoms with Gasteiger partial charge < -0.3 is 10.1 Å². The molecule has 0 spiro atoms. The van der Waals surface area contributed by atoms with Crippen molar-refractivity contribution in [1.29, 1.82) is 0 Å². The van der Waals surface area contributed by atoms with Gasteiger partial charge in [0.2, 0.25) is 0 Å². The Hall–Kier alpha value is -1.16. The molecular formula is C14H23N3O. The van der Waals surface area contributed by atoms with Gasteiger partial charge in [-0.3, -0.25) is 0 Å². The summed E-state index contributed by atoms with van der Waals surface area (Å²) >= 11 is 0. The molecule has 1 N–H and O–H groups in total. The molecular weight excluding hydrogens is 226 g/mol. The van der Waals surface area contributed by atoms with Gasteiger partial charge >= 0.3 is 0 Å². The van der Waals surface area contributed by atoms with E-state index >= 15 is 0 Å². The van der Waals surface area contributed by atoms with Crippen LogP contribution in [-0.2, 0) is 11.2 Å². The predicted molar refractivity (Wildman–Crippen MR) is 72.7 cm³/mol. The number of anilines is 1. The van der Waals surface area contributed by atoms with Crippen LogP contribution in [0.3, 0.4) is 0 Å². The zero-order chi connectivity index (χ0) is 13.0. The van der Waals surface area contributed by atoms with Gasteiger partial charge in [-0.05, 0) is 33.1 Å². The summed E-state index contributed by atoms with van der Waals surface area (Å²) in [7, 11) is 0. The summed E-state index contributed by atoms with van der Waals surface area (Å²) in [5.74, 6) is 0.941. The number of aryl methyl sites for hydroxylation is 1. The standard InChI is InChI=1S/C14H23N3O/c1-4-5-11-8-13(16-10-15-11)17-12-6-7-18-14(2,3)9-12/h8,10,12H,4-7,9H2,1-3H3,(H,15,16,17).